The Morgan fingerprint density at radius 2 is 1.94 bits per heavy atom. The highest BCUT2D eigenvalue weighted by Crippen LogP contribution is 2.41. The first kappa shape index (κ1) is 13.9. The number of allylic oxidation sites excluding steroid dienone is 2. The highest BCUT2D eigenvalue weighted by atomic mass is 16.7. The van der Waals surface area contributed by atoms with Crippen molar-refractivity contribution < 1.29 is 14.1 Å². The molecule has 0 aromatic carbocycles. The van der Waals surface area contributed by atoms with E-state index >= 15 is 0 Å². The summed E-state index contributed by atoms with van der Waals surface area (Å²) >= 11 is 0. The van der Waals surface area contributed by atoms with Crippen molar-refractivity contribution in [3.63, 3.8) is 0 Å². The zero-order valence-electron chi connectivity index (χ0n) is 11.9. The van der Waals surface area contributed by atoms with Gasteiger partial charge in [-0.2, -0.15) is 0 Å². The summed E-state index contributed by atoms with van der Waals surface area (Å²) in [5.41, 5.74) is 0.715. The molecule has 1 aliphatic carbocycles. The predicted octanol–water partition coefficient (Wildman–Crippen LogP) is 2.14. The minimum Gasteiger partial charge on any atom is -0.400 e. The number of carbonyl (C=O) groups is 1. The third kappa shape index (κ3) is 2.57. The third-order valence-corrected chi connectivity index (χ3v) is 4.54. The molecule has 0 N–H and O–H groups in total. The summed E-state index contributed by atoms with van der Waals surface area (Å²) in [6.07, 6.45) is 6.25. The van der Waals surface area contributed by atoms with Crippen molar-refractivity contribution in [1.82, 2.24) is 0 Å². The lowest BCUT2D eigenvalue weighted by atomic mass is 9.58. The van der Waals surface area contributed by atoms with Gasteiger partial charge in [0, 0.05) is 0 Å². The number of rotatable bonds is 3. The summed E-state index contributed by atoms with van der Waals surface area (Å²) in [5, 5.41) is 0. The molecule has 0 radical (unpaired) electrons. The van der Waals surface area contributed by atoms with Gasteiger partial charge < -0.3 is 14.1 Å². The van der Waals surface area contributed by atoms with E-state index in [4.69, 9.17) is 9.31 Å². The quantitative estimate of drug-likeness (QED) is 0.567. The summed E-state index contributed by atoms with van der Waals surface area (Å²) < 4.78 is 12.1. The maximum Gasteiger partial charge on any atom is 0.490 e. The second-order valence-electron chi connectivity index (χ2n) is 6.41. The monoisotopic (exact) mass is 248 g/mol. The van der Waals surface area contributed by atoms with E-state index in [1.54, 1.807) is 0 Å². The molecule has 0 saturated carbocycles. The smallest absolute Gasteiger partial charge is 0.400 e. The van der Waals surface area contributed by atoms with Crippen molar-refractivity contribution in [2.75, 3.05) is 0 Å². The van der Waals surface area contributed by atoms with Crippen LogP contribution in [-0.4, -0.2) is 31.8 Å². The minimum absolute atomic E-state index is 0.202. The topological polar surface area (TPSA) is 35.5 Å². The highest BCUT2D eigenvalue weighted by Gasteiger charge is 2.52. The Balaban J connectivity index is 2.01. The van der Waals surface area contributed by atoms with Gasteiger partial charge in [0.2, 0.25) is 7.28 Å². The van der Waals surface area contributed by atoms with Gasteiger partial charge in [-0.25, -0.2) is 0 Å². The molecule has 1 unspecified atom stereocenters. The Morgan fingerprint density at radius 3 is 2.39 bits per heavy atom. The largest absolute Gasteiger partial charge is 0.490 e. The van der Waals surface area contributed by atoms with Gasteiger partial charge in [-0.3, -0.25) is 0 Å². The lowest BCUT2D eigenvalue weighted by Crippen LogP contribution is -2.41. The van der Waals surface area contributed by atoms with Crippen molar-refractivity contribution >= 4 is 20.6 Å². The van der Waals surface area contributed by atoms with Gasteiger partial charge >= 0.3 is 7.12 Å². The van der Waals surface area contributed by atoms with Gasteiger partial charge in [0.25, 0.3) is 0 Å². The average molecular weight is 248 g/mol. The first-order valence-electron chi connectivity index (χ1n) is 6.84. The first-order valence-corrected chi connectivity index (χ1v) is 6.84. The molecule has 1 saturated heterocycles. The van der Waals surface area contributed by atoms with Crippen LogP contribution in [0.4, 0.5) is 0 Å². The van der Waals surface area contributed by atoms with Crippen molar-refractivity contribution in [3.05, 3.63) is 11.5 Å². The van der Waals surface area contributed by atoms with E-state index in [2.05, 4.69) is 33.8 Å². The van der Waals surface area contributed by atoms with Crippen LogP contribution in [0, 0.1) is 0 Å². The molecule has 0 bridgehead atoms. The molecular weight excluding hydrogens is 226 g/mol. The number of carbonyl (C=O) groups excluding carboxylic acids is 1. The predicted molar refractivity (Wildman–Crippen MR) is 75.7 cm³/mol. The fourth-order valence-electron chi connectivity index (χ4n) is 2.47. The highest BCUT2D eigenvalue weighted by molar-refractivity contribution is 6.68. The van der Waals surface area contributed by atoms with Gasteiger partial charge in [0.15, 0.2) is 0 Å². The summed E-state index contributed by atoms with van der Waals surface area (Å²) in [6.45, 7) is 8.30. The zero-order valence-corrected chi connectivity index (χ0v) is 11.9. The summed E-state index contributed by atoms with van der Waals surface area (Å²) in [4.78, 5) is 10.5. The molecule has 0 aromatic heterocycles. The summed E-state index contributed by atoms with van der Waals surface area (Å²) in [5.74, 6) is 0.508. The van der Waals surface area contributed by atoms with Crippen LogP contribution < -0.4 is 0 Å². The molecule has 2 rings (SSSR count). The molecule has 3 nitrogen and oxygen atoms in total. The van der Waals surface area contributed by atoms with E-state index in [1.807, 2.05) is 0 Å². The Hall–Kier alpha value is -0.540. The van der Waals surface area contributed by atoms with Crippen LogP contribution in [-0.2, 0) is 14.1 Å². The Labute approximate surface area is 111 Å². The van der Waals surface area contributed by atoms with Crippen LogP contribution in [0.3, 0.4) is 0 Å². The van der Waals surface area contributed by atoms with Gasteiger partial charge in [-0.1, -0.05) is 18.3 Å². The van der Waals surface area contributed by atoms with E-state index in [9.17, 15) is 4.79 Å². The molecule has 98 valence electrons. The minimum atomic E-state index is -0.266. The summed E-state index contributed by atoms with van der Waals surface area (Å²) in [6, 6.07) is 0. The zero-order chi connectivity index (χ0) is 13.4. The van der Waals surface area contributed by atoms with Crippen molar-refractivity contribution in [3.8, 4) is 0 Å². The van der Waals surface area contributed by atoms with E-state index in [0.29, 0.717) is 13.1 Å². The summed E-state index contributed by atoms with van der Waals surface area (Å²) in [7, 11) is 0.472. The van der Waals surface area contributed by atoms with Crippen LogP contribution in [0.15, 0.2) is 11.5 Å². The third-order valence-electron chi connectivity index (χ3n) is 4.54. The molecule has 1 fully saturated rings. The van der Waals surface area contributed by atoms with Crippen molar-refractivity contribution in [2.45, 2.75) is 64.0 Å². The normalized spacial score (nSPS) is 29.9. The Bertz CT molecular complexity index is 347. The van der Waals surface area contributed by atoms with E-state index in [-0.39, 0.29) is 18.3 Å². The van der Waals surface area contributed by atoms with Crippen molar-refractivity contribution in [1.29, 1.82) is 0 Å². The van der Waals surface area contributed by atoms with Crippen molar-refractivity contribution in [2.24, 2.45) is 0 Å². The molecule has 1 atom stereocenters. The number of hydrogen-bond donors (Lipinski definition) is 0. The van der Waals surface area contributed by atoms with E-state index < -0.39 is 0 Å². The van der Waals surface area contributed by atoms with Gasteiger partial charge in [-0.05, 0) is 46.0 Å². The first-order chi connectivity index (χ1) is 8.36. The molecular formula is C13H22B2O3. The van der Waals surface area contributed by atoms with Crippen LogP contribution in [0.1, 0.15) is 47.0 Å². The molecule has 0 aromatic rings. The number of hydrogen-bond acceptors (Lipinski definition) is 3. The molecule has 1 aliphatic heterocycles. The second-order valence-corrected chi connectivity index (χ2v) is 6.41. The molecule has 1 heterocycles. The Morgan fingerprint density at radius 1 is 1.33 bits per heavy atom. The van der Waals surface area contributed by atoms with Gasteiger partial charge in [0.1, 0.15) is 0 Å². The maximum atomic E-state index is 10.5. The molecule has 18 heavy (non-hydrogen) atoms. The molecule has 0 amide bonds. The van der Waals surface area contributed by atoms with Gasteiger partial charge in [0.05, 0.1) is 17.4 Å². The molecule has 2 aliphatic rings. The van der Waals surface area contributed by atoms with Crippen LogP contribution in [0.2, 0.25) is 5.82 Å². The Kier molecular flexibility index (Phi) is 3.75. The molecule has 0 spiro atoms. The van der Waals surface area contributed by atoms with E-state index in [1.165, 1.54) is 5.47 Å². The fourth-order valence-corrected chi connectivity index (χ4v) is 2.47. The standard InChI is InChI=1S/C13H22B2O3/c1-12(2)13(3,4)18-15(17-12)11-7-5-10(6-8-11)14-9-16/h7,9-10,14H,5-6,8H2,1-4H3. The maximum absolute atomic E-state index is 10.5. The van der Waals surface area contributed by atoms with Crippen LogP contribution in [0.25, 0.3) is 0 Å². The van der Waals surface area contributed by atoms with Gasteiger partial charge in [-0.15, -0.1) is 0 Å². The molecule has 5 heteroatoms. The SMILES string of the molecule is CC1(C)OB(C2=CCC(BC=O)CC2)OC1(C)C. The van der Waals surface area contributed by atoms with Crippen LogP contribution >= 0.6 is 0 Å². The lowest BCUT2D eigenvalue weighted by Gasteiger charge is -2.32. The van der Waals surface area contributed by atoms with Crippen LogP contribution in [0.5, 0.6) is 0 Å². The second kappa shape index (κ2) is 4.86. The fraction of sp³-hybridized carbons (Fsp3) is 0.769. The average Bonchev–Trinajstić information content (AvgIpc) is 2.50. The van der Waals surface area contributed by atoms with E-state index in [0.717, 1.165) is 25.4 Å². The lowest BCUT2D eigenvalue weighted by molar-refractivity contribution is 0.00578.